The Morgan fingerprint density at radius 3 is 2.39 bits per heavy atom. The first-order valence-electron chi connectivity index (χ1n) is 8.12. The number of nitrogens with two attached hydrogens (primary N) is 1. The van der Waals surface area contributed by atoms with Gasteiger partial charge in [0.25, 0.3) is 0 Å². The molecule has 3 N–H and O–H groups in total. The molecule has 0 saturated heterocycles. The van der Waals surface area contributed by atoms with Gasteiger partial charge in [-0.05, 0) is 12.8 Å². The predicted molar refractivity (Wildman–Crippen MR) is 89.6 cm³/mol. The maximum absolute atomic E-state index is 8.81. The Bertz CT molecular complexity index is 563. The summed E-state index contributed by atoms with van der Waals surface area (Å²) in [5.41, 5.74) is 6.74. The summed E-state index contributed by atoms with van der Waals surface area (Å²) in [6.07, 6.45) is 8.22. The molecule has 0 radical (unpaired) electrons. The van der Waals surface area contributed by atoms with Crippen molar-refractivity contribution in [1.29, 1.82) is 10.5 Å². The molecule has 2 rings (SSSR count). The maximum Gasteiger partial charge on any atom is 0.157 e. The Kier molecular flexibility index (Phi) is 6.43. The molecule has 0 aliphatic heterocycles. The molecule has 1 aliphatic rings. The van der Waals surface area contributed by atoms with Crippen LogP contribution in [0.1, 0.15) is 44.9 Å². The molecule has 0 atom stereocenters. The minimum absolute atomic E-state index is 0.361. The van der Waals surface area contributed by atoms with Crippen LogP contribution in [-0.2, 0) is 0 Å². The highest BCUT2D eigenvalue weighted by Crippen LogP contribution is 2.29. The van der Waals surface area contributed by atoms with E-state index in [0.29, 0.717) is 49.3 Å². The summed E-state index contributed by atoms with van der Waals surface area (Å²) < 4.78 is 0. The van der Waals surface area contributed by atoms with Gasteiger partial charge in [0, 0.05) is 19.1 Å². The lowest BCUT2D eigenvalue weighted by atomic mass is 9.95. The van der Waals surface area contributed by atoms with Gasteiger partial charge in [-0.1, -0.05) is 19.3 Å². The van der Waals surface area contributed by atoms with Crippen LogP contribution in [0.25, 0.3) is 0 Å². The lowest BCUT2D eigenvalue weighted by molar-refractivity contribution is 0.462. The van der Waals surface area contributed by atoms with Crippen LogP contribution in [0.15, 0.2) is 6.33 Å². The molecule has 1 aromatic heterocycles. The number of hydrogen-bond donors (Lipinski definition) is 2. The fourth-order valence-electron chi connectivity index (χ4n) is 2.89. The average Bonchev–Trinajstić information content (AvgIpc) is 2.58. The smallest absolute Gasteiger partial charge is 0.157 e. The largest absolute Gasteiger partial charge is 0.393 e. The van der Waals surface area contributed by atoms with Gasteiger partial charge in [0.1, 0.15) is 12.0 Å². The number of nitrogen functional groups attached to an aromatic ring is 1. The van der Waals surface area contributed by atoms with E-state index >= 15 is 0 Å². The van der Waals surface area contributed by atoms with Gasteiger partial charge in [0.2, 0.25) is 0 Å². The van der Waals surface area contributed by atoms with Gasteiger partial charge in [-0.15, -0.1) is 0 Å². The monoisotopic (exact) mass is 313 g/mol. The molecular formula is C16H23N7. The van der Waals surface area contributed by atoms with Gasteiger partial charge in [-0.25, -0.2) is 9.97 Å². The van der Waals surface area contributed by atoms with Crippen molar-refractivity contribution < 1.29 is 0 Å². The number of nitrogens with zero attached hydrogens (tertiary/aromatic N) is 5. The fourth-order valence-corrected chi connectivity index (χ4v) is 2.89. The van der Waals surface area contributed by atoms with Gasteiger partial charge < -0.3 is 16.0 Å². The number of aromatic nitrogens is 2. The Hall–Kier alpha value is -2.54. The molecule has 1 saturated carbocycles. The van der Waals surface area contributed by atoms with Gasteiger partial charge >= 0.3 is 0 Å². The molecule has 0 amide bonds. The molecule has 1 heterocycles. The molecule has 1 fully saturated rings. The average molecular weight is 313 g/mol. The Labute approximate surface area is 137 Å². The molecule has 0 aromatic carbocycles. The van der Waals surface area contributed by atoms with E-state index < -0.39 is 0 Å². The van der Waals surface area contributed by atoms with E-state index in [1.165, 1.54) is 25.6 Å². The number of hydrogen-bond acceptors (Lipinski definition) is 7. The van der Waals surface area contributed by atoms with Crippen molar-refractivity contribution in [2.75, 3.05) is 29.0 Å². The highest BCUT2D eigenvalue weighted by Gasteiger charge is 2.18. The van der Waals surface area contributed by atoms with Crippen molar-refractivity contribution in [3.63, 3.8) is 0 Å². The van der Waals surface area contributed by atoms with Crippen LogP contribution in [0, 0.1) is 22.7 Å². The van der Waals surface area contributed by atoms with Gasteiger partial charge in [-0.2, -0.15) is 10.5 Å². The Balaban J connectivity index is 2.14. The van der Waals surface area contributed by atoms with E-state index in [1.54, 1.807) is 0 Å². The third-order valence-corrected chi connectivity index (χ3v) is 4.10. The first-order chi connectivity index (χ1) is 11.3. The highest BCUT2D eigenvalue weighted by atomic mass is 15.2. The topological polar surface area (TPSA) is 115 Å². The number of nitrogens with one attached hydrogen (secondary N) is 1. The first-order valence-corrected chi connectivity index (χ1v) is 8.12. The summed E-state index contributed by atoms with van der Waals surface area (Å²) in [7, 11) is 0. The van der Waals surface area contributed by atoms with Crippen LogP contribution in [0.2, 0.25) is 0 Å². The molecule has 1 aromatic rings. The molecule has 1 aliphatic carbocycles. The predicted octanol–water partition coefficient (Wildman–Crippen LogP) is 2.44. The summed E-state index contributed by atoms with van der Waals surface area (Å²) in [4.78, 5) is 10.4. The van der Waals surface area contributed by atoms with Gasteiger partial charge in [0.15, 0.2) is 11.6 Å². The quantitative estimate of drug-likeness (QED) is 0.794. The highest BCUT2D eigenvalue weighted by molar-refractivity contribution is 5.75. The molecule has 0 bridgehead atoms. The standard InChI is InChI=1S/C16H23N7/c17-8-4-10-23(11-5-9-18)16-14(19)15(20-12-21-16)22-13-6-2-1-3-7-13/h12-13H,1-7,10-11,19H2,(H,20,21,22). The van der Waals surface area contributed by atoms with E-state index in [4.69, 9.17) is 16.3 Å². The molecule has 7 nitrogen and oxygen atoms in total. The molecule has 0 unspecified atom stereocenters. The second-order valence-electron chi connectivity index (χ2n) is 5.74. The third kappa shape index (κ3) is 4.72. The van der Waals surface area contributed by atoms with E-state index in [9.17, 15) is 0 Å². The van der Waals surface area contributed by atoms with Crippen molar-refractivity contribution in [2.24, 2.45) is 0 Å². The molecule has 122 valence electrons. The zero-order valence-corrected chi connectivity index (χ0v) is 13.3. The zero-order chi connectivity index (χ0) is 16.5. The summed E-state index contributed by atoms with van der Waals surface area (Å²) in [6, 6.07) is 4.64. The van der Waals surface area contributed by atoms with Gasteiger partial charge in [-0.3, -0.25) is 0 Å². The second kappa shape index (κ2) is 8.79. The Morgan fingerprint density at radius 2 is 1.78 bits per heavy atom. The van der Waals surface area contributed by atoms with Gasteiger partial charge in [0.05, 0.1) is 25.0 Å². The minimum Gasteiger partial charge on any atom is -0.393 e. The van der Waals surface area contributed by atoms with Crippen LogP contribution in [0.4, 0.5) is 17.3 Å². The third-order valence-electron chi connectivity index (χ3n) is 4.10. The van der Waals surface area contributed by atoms with E-state index in [0.717, 1.165) is 12.8 Å². The molecule has 23 heavy (non-hydrogen) atoms. The first kappa shape index (κ1) is 16.8. The molecule has 0 spiro atoms. The summed E-state index contributed by atoms with van der Waals surface area (Å²) in [5, 5.41) is 21.0. The second-order valence-corrected chi connectivity index (χ2v) is 5.74. The van der Waals surface area contributed by atoms with Crippen LogP contribution in [-0.4, -0.2) is 29.1 Å². The Morgan fingerprint density at radius 1 is 1.13 bits per heavy atom. The number of nitriles is 2. The maximum atomic E-state index is 8.81. The van der Waals surface area contributed by atoms with Crippen molar-refractivity contribution >= 4 is 17.3 Å². The van der Waals surface area contributed by atoms with Crippen LogP contribution in [0.5, 0.6) is 0 Å². The van der Waals surface area contributed by atoms with Crippen molar-refractivity contribution in [2.45, 2.75) is 51.0 Å². The number of rotatable bonds is 7. The minimum atomic E-state index is 0.361. The lowest BCUT2D eigenvalue weighted by Crippen LogP contribution is -2.29. The van der Waals surface area contributed by atoms with Crippen molar-refractivity contribution in [3.8, 4) is 12.1 Å². The van der Waals surface area contributed by atoms with Crippen molar-refractivity contribution in [3.05, 3.63) is 6.33 Å². The van der Waals surface area contributed by atoms with Crippen LogP contribution < -0.4 is 16.0 Å². The van der Waals surface area contributed by atoms with Crippen molar-refractivity contribution in [1.82, 2.24) is 9.97 Å². The SMILES string of the molecule is N#CCCN(CCC#N)c1ncnc(NC2CCCCC2)c1N. The lowest BCUT2D eigenvalue weighted by Gasteiger charge is -2.26. The summed E-state index contributed by atoms with van der Waals surface area (Å²) in [5.74, 6) is 1.25. The fraction of sp³-hybridized carbons (Fsp3) is 0.625. The van der Waals surface area contributed by atoms with E-state index in [2.05, 4.69) is 27.4 Å². The van der Waals surface area contributed by atoms with Crippen LogP contribution in [0.3, 0.4) is 0 Å². The van der Waals surface area contributed by atoms with Crippen LogP contribution >= 0.6 is 0 Å². The summed E-state index contributed by atoms with van der Waals surface area (Å²) >= 11 is 0. The number of anilines is 3. The molecular weight excluding hydrogens is 290 g/mol. The van der Waals surface area contributed by atoms with E-state index in [-0.39, 0.29) is 0 Å². The molecule has 7 heteroatoms. The van der Waals surface area contributed by atoms with E-state index in [1.807, 2.05) is 4.90 Å². The summed E-state index contributed by atoms with van der Waals surface area (Å²) in [6.45, 7) is 1.00. The zero-order valence-electron chi connectivity index (χ0n) is 13.3. The normalized spacial score (nSPS) is 14.7.